The Morgan fingerprint density at radius 2 is 0.578 bits per heavy atom. The van der Waals surface area contributed by atoms with E-state index in [1.54, 1.807) is 0 Å². The van der Waals surface area contributed by atoms with Crippen molar-refractivity contribution < 1.29 is 4.42 Å². The Bertz CT molecular complexity index is 3380. The normalized spacial score (nSPS) is 11.4. The third kappa shape index (κ3) is 6.71. The molecule has 7 aromatic carbocycles. The topological polar surface area (TPSA) is 51.8 Å². The van der Waals surface area contributed by atoms with Crippen molar-refractivity contribution in [3.8, 4) is 67.5 Å². The Labute approximate surface area is 391 Å². The predicted molar refractivity (Wildman–Crippen MR) is 322 cm³/mol. The molecule has 0 saturated carbocycles. The molecule has 64 heavy (non-hydrogen) atoms. The molecule has 0 unspecified atom stereocenters. The van der Waals surface area contributed by atoms with Gasteiger partial charge in [0.25, 0.3) is 0 Å². The van der Waals surface area contributed by atoms with Crippen LogP contribution in [0.1, 0.15) is 0 Å². The Morgan fingerprint density at radius 1 is 0.250 bits per heavy atom. The molecule has 0 aliphatic heterocycles. The number of furan rings is 1. The molecule has 0 aliphatic carbocycles. The van der Waals surface area contributed by atoms with Crippen molar-refractivity contribution in [2.45, 2.75) is 0 Å². The van der Waals surface area contributed by atoms with Crippen molar-refractivity contribution >= 4 is 222 Å². The lowest BCUT2D eigenvalue weighted by atomic mass is 9.57. The largest absolute Gasteiger partial charge is 0.457 e. The van der Waals surface area contributed by atoms with Gasteiger partial charge in [-0.1, -0.05) is 145 Å². The fourth-order valence-corrected chi connectivity index (χ4v) is 10.5. The van der Waals surface area contributed by atoms with Crippen LogP contribution in [0.2, 0.25) is 0 Å². The molecular formula is C45H44B15N3O. The van der Waals surface area contributed by atoms with E-state index in [0.717, 1.165) is 44.3 Å². The van der Waals surface area contributed by atoms with Gasteiger partial charge in [-0.15, -0.1) is 16.4 Å². The Hall–Kier alpha value is -5.68. The van der Waals surface area contributed by atoms with Gasteiger partial charge in [0.2, 0.25) is 0 Å². The maximum atomic E-state index is 7.22. The minimum Gasteiger partial charge on any atom is -0.457 e. The molecule has 0 aliphatic rings. The molecule has 2 heterocycles. The highest BCUT2D eigenvalue weighted by Crippen LogP contribution is 2.33. The maximum absolute atomic E-state index is 7.22. The van der Waals surface area contributed by atoms with Gasteiger partial charge in [-0.2, -0.15) is 0 Å². The molecule has 0 atom stereocenters. The van der Waals surface area contributed by atoms with E-state index >= 15 is 0 Å². The van der Waals surface area contributed by atoms with Crippen LogP contribution >= 0.6 is 0 Å². The third-order valence-corrected chi connectivity index (χ3v) is 15.3. The fourth-order valence-electron chi connectivity index (χ4n) is 10.5. The standard InChI is InChI=1S/C45H44B15N3O/c46-26-19(20-24-32(52)29(49)23(22-30(50)36(56)39(59)37(57)31(22)51)35(55)42(24)64-41(20)40(60)38(26)58)21-27(47)33(53)25(34(54)28(21)48)45-62-43(17-9-5-2-6-10-17)61-44(63-45)18-13-11-16(12-14-18)15-7-3-1-4-8-15/h1-14H,46-60H2. The molecule has 0 bridgehead atoms. The van der Waals surface area contributed by atoms with Crippen molar-refractivity contribution in [1.29, 1.82) is 0 Å². The van der Waals surface area contributed by atoms with Gasteiger partial charge in [0, 0.05) is 27.5 Å². The van der Waals surface area contributed by atoms with E-state index < -0.39 is 0 Å². The molecule has 19 heteroatoms. The summed E-state index contributed by atoms with van der Waals surface area (Å²) < 4.78 is 7.22. The molecule has 0 saturated heterocycles. The zero-order valence-corrected chi connectivity index (χ0v) is 40.3. The van der Waals surface area contributed by atoms with Crippen LogP contribution in [0, 0.1) is 0 Å². The SMILES string of the molecule is Bc1c(B)c(B)c(-c2c(B)c(B)c3c(oc4c(B)c(B)c(B)c(-c5c(B)c(B)c(-c6nc(-c7ccccc7)nc(-c7ccc(-c8ccccc8)cc7)n6)c(B)c5B)c43)c2B)c(B)c1B. The molecule has 4 nitrogen and oxygen atoms in total. The second kappa shape index (κ2) is 16.4. The van der Waals surface area contributed by atoms with Gasteiger partial charge in [-0.25, -0.2) is 15.0 Å². The summed E-state index contributed by atoms with van der Waals surface area (Å²) in [5.41, 5.74) is 31.5. The van der Waals surface area contributed by atoms with Crippen LogP contribution in [0.25, 0.3) is 89.5 Å². The summed E-state index contributed by atoms with van der Waals surface area (Å²) in [6, 6.07) is 29.3. The zero-order valence-electron chi connectivity index (χ0n) is 40.3. The lowest BCUT2D eigenvalue weighted by molar-refractivity contribution is 0.675. The molecule has 0 fully saturated rings. The zero-order chi connectivity index (χ0) is 45.6. The molecule has 9 aromatic rings. The molecule has 0 radical (unpaired) electrons. The van der Waals surface area contributed by atoms with Gasteiger partial charge in [0.15, 0.2) is 17.5 Å². The highest BCUT2D eigenvalue weighted by atomic mass is 16.3. The summed E-state index contributed by atoms with van der Waals surface area (Å²) in [6.07, 6.45) is 0. The summed E-state index contributed by atoms with van der Waals surface area (Å²) >= 11 is 0. The second-order valence-corrected chi connectivity index (χ2v) is 18.4. The summed E-state index contributed by atoms with van der Waals surface area (Å²) in [4.78, 5) is 15.6. The Kier molecular flexibility index (Phi) is 11.2. The minimum absolute atomic E-state index is 0.653. The Morgan fingerprint density at radius 3 is 1.12 bits per heavy atom. The fraction of sp³-hybridized carbons (Fsp3) is 0. The molecule has 0 amide bonds. The second-order valence-electron chi connectivity index (χ2n) is 18.4. The van der Waals surface area contributed by atoms with E-state index in [9.17, 15) is 0 Å². The first kappa shape index (κ1) is 43.6. The lowest BCUT2D eigenvalue weighted by Crippen LogP contribution is -2.56. The first-order chi connectivity index (χ1) is 30.5. The van der Waals surface area contributed by atoms with Crippen LogP contribution in [-0.4, -0.2) is 133 Å². The summed E-state index contributed by atoms with van der Waals surface area (Å²) in [5, 5.41) is 2.43. The first-order valence-electron chi connectivity index (χ1n) is 22.6. The van der Waals surface area contributed by atoms with Crippen LogP contribution in [0.3, 0.4) is 0 Å². The average Bonchev–Trinajstić information content (AvgIpc) is 3.72. The summed E-state index contributed by atoms with van der Waals surface area (Å²) in [7, 11) is 34.1. The van der Waals surface area contributed by atoms with E-state index in [0.29, 0.717) is 17.5 Å². The number of hydrogen-bond donors (Lipinski definition) is 0. The minimum atomic E-state index is 0.653. The van der Waals surface area contributed by atoms with E-state index in [1.165, 1.54) is 110 Å². The smallest absolute Gasteiger partial charge is 0.164 e. The number of rotatable bonds is 6. The van der Waals surface area contributed by atoms with Gasteiger partial charge in [0.1, 0.15) is 129 Å². The molecule has 0 N–H and O–H groups in total. The third-order valence-electron chi connectivity index (χ3n) is 15.3. The van der Waals surface area contributed by atoms with Crippen LogP contribution in [0.5, 0.6) is 0 Å². The number of nitrogens with zero attached hydrogens (tertiary/aromatic N) is 3. The molecule has 290 valence electrons. The Balaban J connectivity index is 1.29. The van der Waals surface area contributed by atoms with Gasteiger partial charge in [-0.05, 0) is 38.8 Å². The average molecular weight is 805 g/mol. The first-order valence-corrected chi connectivity index (χ1v) is 22.6. The van der Waals surface area contributed by atoms with Gasteiger partial charge >= 0.3 is 0 Å². The highest BCUT2D eigenvalue weighted by molar-refractivity contribution is 6.72. The molecule has 0 spiro atoms. The lowest BCUT2D eigenvalue weighted by Gasteiger charge is -2.26. The van der Waals surface area contributed by atoms with Crippen molar-refractivity contribution in [2.24, 2.45) is 0 Å². The molecular weight excluding hydrogens is 761 g/mol. The van der Waals surface area contributed by atoms with Crippen molar-refractivity contribution in [3.05, 3.63) is 84.9 Å². The predicted octanol–water partition coefficient (Wildman–Crippen LogP) is -14.4. The highest BCUT2D eigenvalue weighted by Gasteiger charge is 2.28. The number of aromatic nitrogens is 3. The number of fused-ring (bicyclic) bond motifs is 3. The maximum Gasteiger partial charge on any atom is 0.164 e. The summed E-state index contributed by atoms with van der Waals surface area (Å²) in [5.74, 6) is 1.99. The van der Waals surface area contributed by atoms with E-state index in [1.807, 2.05) is 24.3 Å². The monoisotopic (exact) mass is 807 g/mol. The van der Waals surface area contributed by atoms with E-state index in [2.05, 4.69) is 178 Å². The number of benzene rings is 7. The van der Waals surface area contributed by atoms with Crippen molar-refractivity contribution in [3.63, 3.8) is 0 Å². The van der Waals surface area contributed by atoms with Crippen LogP contribution in [0.4, 0.5) is 0 Å². The van der Waals surface area contributed by atoms with Crippen molar-refractivity contribution in [2.75, 3.05) is 0 Å². The van der Waals surface area contributed by atoms with Gasteiger partial charge in [0.05, 0.1) is 0 Å². The van der Waals surface area contributed by atoms with E-state index in [4.69, 9.17) is 19.4 Å². The molecule has 2 aromatic heterocycles. The van der Waals surface area contributed by atoms with Crippen LogP contribution < -0.4 is 81.9 Å². The van der Waals surface area contributed by atoms with Crippen LogP contribution in [-0.2, 0) is 0 Å². The quantitative estimate of drug-likeness (QED) is 0.157. The van der Waals surface area contributed by atoms with Gasteiger partial charge < -0.3 is 4.42 Å². The molecule has 9 rings (SSSR count). The van der Waals surface area contributed by atoms with Crippen LogP contribution in [0.15, 0.2) is 89.3 Å². The van der Waals surface area contributed by atoms with Crippen molar-refractivity contribution in [1.82, 2.24) is 15.0 Å². The van der Waals surface area contributed by atoms with E-state index in [-0.39, 0.29) is 0 Å². The summed E-state index contributed by atoms with van der Waals surface area (Å²) in [6.45, 7) is 0. The number of hydrogen-bond acceptors (Lipinski definition) is 4. The van der Waals surface area contributed by atoms with Gasteiger partial charge in [-0.3, -0.25) is 0 Å².